The molecule has 0 bridgehead atoms. The normalized spacial score (nSPS) is 18.1. The number of benzene rings is 1. The number of aromatic nitrogens is 1. The summed E-state index contributed by atoms with van der Waals surface area (Å²) >= 11 is 0. The summed E-state index contributed by atoms with van der Waals surface area (Å²) < 4.78 is 0. The van der Waals surface area contributed by atoms with Crippen LogP contribution in [0.1, 0.15) is 25.8 Å². The van der Waals surface area contributed by atoms with Gasteiger partial charge >= 0.3 is 0 Å². The third-order valence-corrected chi connectivity index (χ3v) is 5.03. The van der Waals surface area contributed by atoms with Crippen molar-refractivity contribution in [3.8, 4) is 0 Å². The van der Waals surface area contributed by atoms with E-state index < -0.39 is 0 Å². The van der Waals surface area contributed by atoms with Crippen molar-refractivity contribution in [3.63, 3.8) is 0 Å². The van der Waals surface area contributed by atoms with Crippen LogP contribution in [0.5, 0.6) is 0 Å². The summed E-state index contributed by atoms with van der Waals surface area (Å²) in [5, 5.41) is 8.17. The Morgan fingerprint density at radius 2 is 2.12 bits per heavy atom. The molecule has 26 heavy (non-hydrogen) atoms. The molecule has 1 aliphatic rings. The fourth-order valence-electron chi connectivity index (χ4n) is 3.57. The molecule has 0 saturated carbocycles. The topological polar surface area (TPSA) is 55.5 Å². The van der Waals surface area contributed by atoms with E-state index in [2.05, 4.69) is 64.8 Å². The summed E-state index contributed by atoms with van der Waals surface area (Å²) in [5.41, 5.74) is 2.56. The zero-order chi connectivity index (χ0) is 17.5. The number of aromatic amines is 1. The molecule has 2 aromatic rings. The highest BCUT2D eigenvalue weighted by molar-refractivity contribution is 14.0. The second-order valence-corrected chi connectivity index (χ2v) is 6.80. The van der Waals surface area contributed by atoms with Gasteiger partial charge in [-0.2, -0.15) is 0 Å². The number of likely N-dealkylation sites (tertiary alicyclic amines) is 1. The van der Waals surface area contributed by atoms with Crippen LogP contribution >= 0.6 is 24.0 Å². The minimum atomic E-state index is 0. The van der Waals surface area contributed by atoms with Crippen molar-refractivity contribution in [2.75, 3.05) is 39.3 Å². The molecule has 1 fully saturated rings. The molecule has 6 heteroatoms. The molecule has 1 atom stereocenters. The van der Waals surface area contributed by atoms with E-state index in [9.17, 15) is 0 Å². The number of para-hydroxylation sites is 1. The molecule has 0 aliphatic carbocycles. The maximum absolute atomic E-state index is 4.81. The predicted molar refractivity (Wildman–Crippen MR) is 122 cm³/mol. The average Bonchev–Trinajstić information content (AvgIpc) is 3.26. The van der Waals surface area contributed by atoms with Crippen LogP contribution in [0.25, 0.3) is 10.9 Å². The Balaban J connectivity index is 0.00000243. The number of nitrogens with zero attached hydrogens (tertiary/aromatic N) is 2. The Labute approximate surface area is 174 Å². The standard InChI is InChI=1S/C20H31N5.HI/c1-3-21-20(24-13-16-10-12-25(4-2)15-16)22-11-9-17-14-23-19-8-6-5-7-18(17)19;/h5-8,14,16,23H,3-4,9-13,15H2,1-2H3,(H2,21,22,24);1H. The molecule has 0 radical (unpaired) electrons. The monoisotopic (exact) mass is 469 g/mol. The zero-order valence-electron chi connectivity index (χ0n) is 15.9. The number of nitrogens with one attached hydrogen (secondary N) is 3. The molecule has 3 rings (SSSR count). The fraction of sp³-hybridized carbons (Fsp3) is 0.550. The second-order valence-electron chi connectivity index (χ2n) is 6.80. The molecule has 3 N–H and O–H groups in total. The molecular formula is C20H32IN5. The van der Waals surface area contributed by atoms with Gasteiger partial charge in [-0.25, -0.2) is 0 Å². The van der Waals surface area contributed by atoms with Crippen molar-refractivity contribution < 1.29 is 0 Å². The molecule has 1 aromatic heterocycles. The number of halogens is 1. The second kappa shape index (κ2) is 10.8. The molecular weight excluding hydrogens is 437 g/mol. The van der Waals surface area contributed by atoms with Crippen LogP contribution in [0.4, 0.5) is 0 Å². The molecule has 5 nitrogen and oxygen atoms in total. The van der Waals surface area contributed by atoms with E-state index in [4.69, 9.17) is 4.99 Å². The van der Waals surface area contributed by atoms with Gasteiger partial charge in [0.15, 0.2) is 5.96 Å². The molecule has 144 valence electrons. The van der Waals surface area contributed by atoms with Crippen molar-refractivity contribution in [2.45, 2.75) is 26.7 Å². The minimum Gasteiger partial charge on any atom is -0.361 e. The van der Waals surface area contributed by atoms with E-state index in [0.29, 0.717) is 5.92 Å². The number of guanidine groups is 1. The van der Waals surface area contributed by atoms with Gasteiger partial charge in [0, 0.05) is 43.3 Å². The Hall–Kier alpha value is -1.28. The summed E-state index contributed by atoms with van der Waals surface area (Å²) in [6, 6.07) is 8.47. The van der Waals surface area contributed by atoms with Crippen LogP contribution in [0, 0.1) is 5.92 Å². The van der Waals surface area contributed by atoms with E-state index >= 15 is 0 Å². The quantitative estimate of drug-likeness (QED) is 0.332. The van der Waals surface area contributed by atoms with Gasteiger partial charge in [-0.05, 0) is 50.4 Å². The van der Waals surface area contributed by atoms with Crippen LogP contribution in [0.2, 0.25) is 0 Å². The van der Waals surface area contributed by atoms with Crippen LogP contribution in [-0.2, 0) is 6.42 Å². The van der Waals surface area contributed by atoms with Gasteiger partial charge < -0.3 is 20.5 Å². The van der Waals surface area contributed by atoms with Crippen LogP contribution < -0.4 is 10.6 Å². The Morgan fingerprint density at radius 1 is 1.27 bits per heavy atom. The van der Waals surface area contributed by atoms with Gasteiger partial charge in [-0.3, -0.25) is 4.99 Å². The third-order valence-electron chi connectivity index (χ3n) is 5.03. The molecule has 1 aromatic carbocycles. The Kier molecular flexibility index (Phi) is 8.71. The number of hydrogen-bond donors (Lipinski definition) is 3. The lowest BCUT2D eigenvalue weighted by molar-refractivity contribution is 0.343. The highest BCUT2D eigenvalue weighted by atomic mass is 127. The first kappa shape index (κ1) is 21.0. The highest BCUT2D eigenvalue weighted by Gasteiger charge is 2.20. The van der Waals surface area contributed by atoms with Crippen molar-refractivity contribution in [1.29, 1.82) is 0 Å². The summed E-state index contributed by atoms with van der Waals surface area (Å²) in [6.07, 6.45) is 4.38. The summed E-state index contributed by atoms with van der Waals surface area (Å²) in [6.45, 7) is 10.6. The summed E-state index contributed by atoms with van der Waals surface area (Å²) in [4.78, 5) is 10.7. The highest BCUT2D eigenvalue weighted by Crippen LogP contribution is 2.18. The van der Waals surface area contributed by atoms with Gasteiger partial charge in [-0.1, -0.05) is 25.1 Å². The third kappa shape index (κ3) is 5.61. The first-order chi connectivity index (χ1) is 12.3. The lowest BCUT2D eigenvalue weighted by Gasteiger charge is -2.14. The Morgan fingerprint density at radius 3 is 2.88 bits per heavy atom. The molecule has 0 spiro atoms. The number of fused-ring (bicyclic) bond motifs is 1. The largest absolute Gasteiger partial charge is 0.361 e. The predicted octanol–water partition coefficient (Wildman–Crippen LogP) is 3.23. The maximum Gasteiger partial charge on any atom is 0.191 e. The average molecular weight is 469 g/mol. The zero-order valence-corrected chi connectivity index (χ0v) is 18.3. The lowest BCUT2D eigenvalue weighted by Crippen LogP contribution is -2.38. The molecule has 1 saturated heterocycles. The van der Waals surface area contributed by atoms with Gasteiger partial charge in [0.1, 0.15) is 0 Å². The van der Waals surface area contributed by atoms with Crippen LogP contribution in [0.3, 0.4) is 0 Å². The minimum absolute atomic E-state index is 0. The fourth-order valence-corrected chi connectivity index (χ4v) is 3.57. The number of hydrogen-bond acceptors (Lipinski definition) is 2. The van der Waals surface area contributed by atoms with Gasteiger partial charge in [0.2, 0.25) is 0 Å². The summed E-state index contributed by atoms with van der Waals surface area (Å²) in [5.74, 6) is 1.64. The SMILES string of the molecule is CCNC(=NCC1CCN(CC)C1)NCCc1c[nH]c2ccccc12.I. The lowest BCUT2D eigenvalue weighted by atomic mass is 10.1. The van der Waals surface area contributed by atoms with Gasteiger partial charge in [0.25, 0.3) is 0 Å². The van der Waals surface area contributed by atoms with Gasteiger partial charge in [0.05, 0.1) is 0 Å². The first-order valence-corrected chi connectivity index (χ1v) is 9.59. The van der Waals surface area contributed by atoms with E-state index in [1.54, 1.807) is 0 Å². The van der Waals surface area contributed by atoms with Crippen molar-refractivity contribution in [1.82, 2.24) is 20.5 Å². The first-order valence-electron chi connectivity index (χ1n) is 9.59. The summed E-state index contributed by atoms with van der Waals surface area (Å²) in [7, 11) is 0. The van der Waals surface area contributed by atoms with Crippen molar-refractivity contribution in [3.05, 3.63) is 36.0 Å². The molecule has 1 aliphatic heterocycles. The van der Waals surface area contributed by atoms with Gasteiger partial charge in [-0.15, -0.1) is 24.0 Å². The van der Waals surface area contributed by atoms with E-state index in [1.807, 2.05) is 0 Å². The van der Waals surface area contributed by atoms with E-state index in [1.165, 1.54) is 36.0 Å². The smallest absolute Gasteiger partial charge is 0.191 e. The van der Waals surface area contributed by atoms with E-state index in [-0.39, 0.29) is 24.0 Å². The van der Waals surface area contributed by atoms with Crippen molar-refractivity contribution >= 4 is 40.8 Å². The van der Waals surface area contributed by atoms with Crippen LogP contribution in [0.15, 0.2) is 35.5 Å². The number of aliphatic imine (C=N–C) groups is 1. The maximum atomic E-state index is 4.81. The van der Waals surface area contributed by atoms with E-state index in [0.717, 1.165) is 38.6 Å². The molecule has 1 unspecified atom stereocenters. The number of H-pyrrole nitrogens is 1. The number of rotatable bonds is 7. The molecule has 2 heterocycles. The Bertz CT molecular complexity index is 696. The van der Waals surface area contributed by atoms with Crippen molar-refractivity contribution in [2.24, 2.45) is 10.9 Å². The molecule has 0 amide bonds. The van der Waals surface area contributed by atoms with Crippen LogP contribution in [-0.4, -0.2) is 55.1 Å².